The molecule has 1 N–H and O–H groups in total. The number of carbonyl (C=O) groups excluding carboxylic acids is 1. The predicted molar refractivity (Wildman–Crippen MR) is 88.8 cm³/mol. The minimum Gasteiger partial charge on any atom is -0.381 e. The van der Waals surface area contributed by atoms with Crippen LogP contribution in [-0.4, -0.2) is 23.7 Å². The van der Waals surface area contributed by atoms with E-state index >= 15 is 0 Å². The molecule has 1 aromatic carbocycles. The number of amides is 1. The maximum Gasteiger partial charge on any atom is 0.255 e. The molecule has 1 aliphatic rings. The first-order chi connectivity index (χ1) is 11.6. The summed E-state index contributed by atoms with van der Waals surface area (Å²) in [6.45, 7) is 0. The molecule has 1 fully saturated rings. The van der Waals surface area contributed by atoms with Crippen LogP contribution in [0.5, 0.6) is 0 Å². The van der Waals surface area contributed by atoms with Crippen molar-refractivity contribution in [1.29, 1.82) is 0 Å². The zero-order chi connectivity index (χ0) is 17.1. The maximum absolute atomic E-state index is 14.3. The van der Waals surface area contributed by atoms with Gasteiger partial charge in [-0.15, -0.1) is 0 Å². The van der Waals surface area contributed by atoms with Crippen LogP contribution in [0.1, 0.15) is 19.3 Å². The van der Waals surface area contributed by atoms with E-state index in [4.69, 9.17) is 4.74 Å². The Kier molecular flexibility index (Phi) is 4.76. The Morgan fingerprint density at radius 2 is 2.12 bits per heavy atom. The van der Waals surface area contributed by atoms with E-state index in [9.17, 15) is 14.0 Å². The number of nitrogens with one attached hydrogen (secondary N) is 1. The number of rotatable bonds is 4. The highest BCUT2D eigenvalue weighted by molar-refractivity contribution is 5.93. The Balaban J connectivity index is 1.75. The number of hydrogen-bond acceptors (Lipinski definition) is 3. The van der Waals surface area contributed by atoms with Gasteiger partial charge in [-0.05, 0) is 37.5 Å². The van der Waals surface area contributed by atoms with Gasteiger partial charge in [-0.2, -0.15) is 0 Å². The van der Waals surface area contributed by atoms with Gasteiger partial charge in [-0.1, -0.05) is 6.07 Å². The Morgan fingerprint density at radius 1 is 1.29 bits per heavy atom. The summed E-state index contributed by atoms with van der Waals surface area (Å²) in [4.78, 5) is 24.0. The fraction of sp³-hybridized carbons (Fsp3) is 0.333. The van der Waals surface area contributed by atoms with Crippen molar-refractivity contribution in [2.45, 2.75) is 25.4 Å². The van der Waals surface area contributed by atoms with Crippen molar-refractivity contribution in [3.8, 4) is 5.69 Å². The van der Waals surface area contributed by atoms with Gasteiger partial charge < -0.3 is 10.1 Å². The molecule has 3 rings (SSSR count). The average Bonchev–Trinajstić information content (AvgIpc) is 3.06. The van der Waals surface area contributed by atoms with E-state index in [2.05, 4.69) is 5.32 Å². The minimum absolute atomic E-state index is 0.0953. The highest BCUT2D eigenvalue weighted by Crippen LogP contribution is 2.29. The summed E-state index contributed by atoms with van der Waals surface area (Å²) >= 11 is 0. The summed E-state index contributed by atoms with van der Waals surface area (Å²) in [5.41, 5.74) is 0.287. The third-order valence-electron chi connectivity index (χ3n) is 4.40. The number of pyridine rings is 1. The molecule has 2 aromatic rings. The highest BCUT2D eigenvalue weighted by Gasteiger charge is 2.30. The van der Waals surface area contributed by atoms with Crippen molar-refractivity contribution < 1.29 is 13.9 Å². The Bertz CT molecular complexity index is 803. The largest absolute Gasteiger partial charge is 0.381 e. The molecule has 5 nitrogen and oxygen atoms in total. The molecule has 0 spiro atoms. The number of hydrogen-bond donors (Lipinski definition) is 1. The molecule has 1 saturated carbocycles. The van der Waals surface area contributed by atoms with E-state index in [0.29, 0.717) is 12.1 Å². The predicted octanol–water partition coefficient (Wildman–Crippen LogP) is 2.73. The van der Waals surface area contributed by atoms with Gasteiger partial charge in [0.1, 0.15) is 5.82 Å². The van der Waals surface area contributed by atoms with Crippen molar-refractivity contribution >= 4 is 11.6 Å². The summed E-state index contributed by atoms with van der Waals surface area (Å²) in [5, 5.41) is 2.63. The molecular formula is C18H19FN2O3. The van der Waals surface area contributed by atoms with Crippen LogP contribution in [0.25, 0.3) is 5.69 Å². The number of anilines is 1. The van der Waals surface area contributed by atoms with Crippen molar-refractivity contribution in [3.63, 3.8) is 0 Å². The van der Waals surface area contributed by atoms with Gasteiger partial charge in [0.15, 0.2) is 0 Å². The molecule has 0 unspecified atom stereocenters. The van der Waals surface area contributed by atoms with Crippen molar-refractivity contribution in [2.24, 2.45) is 5.92 Å². The normalized spacial score (nSPS) is 20.1. The number of methoxy groups -OCH3 is 1. The van der Waals surface area contributed by atoms with E-state index in [0.717, 1.165) is 12.8 Å². The molecule has 126 valence electrons. The molecule has 1 aromatic heterocycles. The van der Waals surface area contributed by atoms with Gasteiger partial charge in [-0.3, -0.25) is 14.2 Å². The number of nitrogens with zero attached hydrogens (tertiary/aromatic N) is 1. The van der Waals surface area contributed by atoms with Crippen LogP contribution in [-0.2, 0) is 9.53 Å². The second-order valence-electron chi connectivity index (χ2n) is 5.93. The lowest BCUT2D eigenvalue weighted by molar-refractivity contribution is -0.120. The molecule has 0 radical (unpaired) electrons. The molecule has 1 aliphatic carbocycles. The number of carbonyl (C=O) groups is 1. The second-order valence-corrected chi connectivity index (χ2v) is 5.93. The Labute approximate surface area is 139 Å². The van der Waals surface area contributed by atoms with E-state index < -0.39 is 5.82 Å². The zero-order valence-corrected chi connectivity index (χ0v) is 13.4. The van der Waals surface area contributed by atoms with Crippen LogP contribution in [0, 0.1) is 11.7 Å². The van der Waals surface area contributed by atoms with Crippen LogP contribution in [0.2, 0.25) is 0 Å². The summed E-state index contributed by atoms with van der Waals surface area (Å²) < 4.78 is 20.9. The molecule has 2 atom stereocenters. The molecule has 0 aliphatic heterocycles. The first kappa shape index (κ1) is 16.4. The highest BCUT2D eigenvalue weighted by atomic mass is 19.1. The van der Waals surface area contributed by atoms with Crippen LogP contribution in [0.3, 0.4) is 0 Å². The van der Waals surface area contributed by atoms with Gasteiger partial charge in [0, 0.05) is 31.4 Å². The van der Waals surface area contributed by atoms with Gasteiger partial charge >= 0.3 is 0 Å². The molecule has 6 heteroatoms. The molecule has 1 heterocycles. The third-order valence-corrected chi connectivity index (χ3v) is 4.40. The summed E-state index contributed by atoms with van der Waals surface area (Å²) in [6, 6.07) is 9.04. The van der Waals surface area contributed by atoms with Crippen LogP contribution in [0.15, 0.2) is 47.4 Å². The molecule has 24 heavy (non-hydrogen) atoms. The van der Waals surface area contributed by atoms with Crippen molar-refractivity contribution in [3.05, 3.63) is 58.8 Å². The molecule has 1 amide bonds. The maximum atomic E-state index is 14.3. The first-order valence-electron chi connectivity index (χ1n) is 7.89. The summed E-state index contributed by atoms with van der Waals surface area (Å²) in [7, 11) is 1.63. The SMILES string of the molecule is CO[C@@H]1CC[C@H](C(=O)Nc2ccc(-n3ccccc3=O)cc2F)C1. The number of aromatic nitrogens is 1. The third kappa shape index (κ3) is 3.38. The van der Waals surface area contributed by atoms with E-state index in [1.54, 1.807) is 31.5 Å². The summed E-state index contributed by atoms with van der Waals surface area (Å²) in [6.07, 6.45) is 3.90. The standard InChI is InChI=1S/C18H19FN2O3/c1-24-14-7-5-12(10-14)18(23)20-16-8-6-13(11-15(16)19)21-9-3-2-4-17(21)22/h2-4,6,8-9,11-12,14H,5,7,10H2,1H3,(H,20,23)/t12-,14+/m0/s1. The van der Waals surface area contributed by atoms with E-state index in [-0.39, 0.29) is 29.2 Å². The van der Waals surface area contributed by atoms with Gasteiger partial charge in [0.25, 0.3) is 5.56 Å². The first-order valence-corrected chi connectivity index (χ1v) is 7.89. The minimum atomic E-state index is -0.571. The van der Waals surface area contributed by atoms with E-state index in [1.165, 1.54) is 22.8 Å². The van der Waals surface area contributed by atoms with Gasteiger partial charge in [-0.25, -0.2) is 4.39 Å². The van der Waals surface area contributed by atoms with Crippen LogP contribution < -0.4 is 10.9 Å². The Hall–Kier alpha value is -2.47. The number of benzene rings is 1. The van der Waals surface area contributed by atoms with Crippen LogP contribution >= 0.6 is 0 Å². The molecule has 0 saturated heterocycles. The van der Waals surface area contributed by atoms with Gasteiger partial charge in [0.2, 0.25) is 5.91 Å². The lowest BCUT2D eigenvalue weighted by Crippen LogP contribution is -2.22. The fourth-order valence-corrected chi connectivity index (χ4v) is 3.02. The van der Waals surface area contributed by atoms with Crippen LogP contribution in [0.4, 0.5) is 10.1 Å². The topological polar surface area (TPSA) is 60.3 Å². The smallest absolute Gasteiger partial charge is 0.255 e. The quantitative estimate of drug-likeness (QED) is 0.938. The summed E-state index contributed by atoms with van der Waals surface area (Å²) in [5.74, 6) is -0.929. The zero-order valence-electron chi connectivity index (χ0n) is 13.4. The molecule has 0 bridgehead atoms. The van der Waals surface area contributed by atoms with Crippen molar-refractivity contribution in [1.82, 2.24) is 4.57 Å². The van der Waals surface area contributed by atoms with Crippen molar-refractivity contribution in [2.75, 3.05) is 12.4 Å². The number of halogens is 1. The molecular weight excluding hydrogens is 311 g/mol. The monoisotopic (exact) mass is 330 g/mol. The number of ether oxygens (including phenoxy) is 1. The Morgan fingerprint density at radius 3 is 2.79 bits per heavy atom. The average molecular weight is 330 g/mol. The van der Waals surface area contributed by atoms with E-state index in [1.807, 2.05) is 0 Å². The van der Waals surface area contributed by atoms with Gasteiger partial charge in [0.05, 0.1) is 17.5 Å². The second kappa shape index (κ2) is 6.97. The lowest BCUT2D eigenvalue weighted by atomic mass is 10.1. The fourth-order valence-electron chi connectivity index (χ4n) is 3.02. The lowest BCUT2D eigenvalue weighted by Gasteiger charge is -2.13.